The molecule has 1 N–H and O–H groups in total. The fraction of sp³-hybridized carbons (Fsp3) is 0.167. The molecule has 0 bridgehead atoms. The Labute approximate surface area is 161 Å². The van der Waals surface area contributed by atoms with E-state index in [9.17, 15) is 32.9 Å². The van der Waals surface area contributed by atoms with Gasteiger partial charge in [-0.2, -0.15) is 18.4 Å². The molecule has 29 heavy (non-hydrogen) atoms. The molecular formula is C18H12F3N3O5. The van der Waals surface area contributed by atoms with Gasteiger partial charge in [-0.3, -0.25) is 14.9 Å². The summed E-state index contributed by atoms with van der Waals surface area (Å²) in [6.07, 6.45) is -6.42. The van der Waals surface area contributed by atoms with Gasteiger partial charge < -0.3 is 10.1 Å². The van der Waals surface area contributed by atoms with Crippen LogP contribution in [-0.2, 0) is 15.7 Å². The molecule has 0 aliphatic heterocycles. The number of nitriles is 1. The highest BCUT2D eigenvalue weighted by molar-refractivity contribution is 5.98. The van der Waals surface area contributed by atoms with Crippen LogP contribution in [0.2, 0.25) is 0 Å². The second-order valence-electron chi connectivity index (χ2n) is 5.71. The Hall–Kier alpha value is -3.94. The molecule has 11 heteroatoms. The van der Waals surface area contributed by atoms with Gasteiger partial charge >= 0.3 is 12.1 Å². The van der Waals surface area contributed by atoms with E-state index in [1.54, 1.807) is 0 Å². The Balaban J connectivity index is 2.15. The Morgan fingerprint density at radius 1 is 1.21 bits per heavy atom. The first-order chi connectivity index (χ1) is 13.5. The summed E-state index contributed by atoms with van der Waals surface area (Å²) >= 11 is 0. The zero-order valence-corrected chi connectivity index (χ0v) is 14.7. The van der Waals surface area contributed by atoms with Crippen LogP contribution in [0.1, 0.15) is 28.4 Å². The fourth-order valence-electron chi connectivity index (χ4n) is 2.19. The molecule has 0 radical (unpaired) electrons. The zero-order chi connectivity index (χ0) is 21.8. The minimum atomic E-state index is -4.96. The summed E-state index contributed by atoms with van der Waals surface area (Å²) in [5.41, 5.74) is -2.59. The Bertz CT molecular complexity index is 997. The summed E-state index contributed by atoms with van der Waals surface area (Å²) in [6.45, 7) is 1.15. The van der Waals surface area contributed by atoms with Crippen molar-refractivity contribution < 1.29 is 32.4 Å². The number of nitrogens with zero attached hydrogens (tertiary/aromatic N) is 2. The van der Waals surface area contributed by atoms with Gasteiger partial charge in [0.05, 0.1) is 33.4 Å². The van der Waals surface area contributed by atoms with E-state index in [4.69, 9.17) is 10.00 Å². The third kappa shape index (κ3) is 5.29. The number of anilines is 1. The third-order valence-corrected chi connectivity index (χ3v) is 3.68. The normalized spacial score (nSPS) is 11.8. The molecule has 2 aromatic rings. The Morgan fingerprint density at radius 2 is 1.83 bits per heavy atom. The van der Waals surface area contributed by atoms with Crippen molar-refractivity contribution in [2.75, 3.05) is 5.32 Å². The van der Waals surface area contributed by atoms with Crippen molar-refractivity contribution in [3.8, 4) is 6.07 Å². The predicted molar refractivity (Wildman–Crippen MR) is 92.8 cm³/mol. The van der Waals surface area contributed by atoms with Crippen molar-refractivity contribution in [3.05, 3.63) is 69.3 Å². The predicted octanol–water partition coefficient (Wildman–Crippen LogP) is 3.67. The lowest BCUT2D eigenvalue weighted by atomic mass is 10.1. The van der Waals surface area contributed by atoms with Crippen molar-refractivity contribution >= 4 is 23.3 Å². The third-order valence-electron chi connectivity index (χ3n) is 3.68. The Morgan fingerprint density at radius 3 is 2.34 bits per heavy atom. The van der Waals surface area contributed by atoms with Crippen molar-refractivity contribution in [1.82, 2.24) is 0 Å². The number of nitro benzene ring substituents is 1. The van der Waals surface area contributed by atoms with Gasteiger partial charge in [0.15, 0.2) is 6.10 Å². The lowest BCUT2D eigenvalue weighted by Gasteiger charge is -2.17. The number of benzene rings is 2. The Kier molecular flexibility index (Phi) is 6.18. The quantitative estimate of drug-likeness (QED) is 0.458. The van der Waals surface area contributed by atoms with Gasteiger partial charge in [-0.25, -0.2) is 4.79 Å². The van der Waals surface area contributed by atoms with Crippen LogP contribution in [0.3, 0.4) is 0 Å². The molecule has 0 saturated carbocycles. The number of nitrogens with one attached hydrogen (secondary N) is 1. The van der Waals surface area contributed by atoms with Crippen LogP contribution in [0.4, 0.5) is 24.5 Å². The highest BCUT2D eigenvalue weighted by Gasteiger charge is 2.36. The van der Waals surface area contributed by atoms with Gasteiger partial charge in [-0.15, -0.1) is 0 Å². The molecule has 1 atom stereocenters. The molecule has 150 valence electrons. The molecular weight excluding hydrogens is 395 g/mol. The first-order valence-corrected chi connectivity index (χ1v) is 7.90. The van der Waals surface area contributed by atoms with Crippen LogP contribution in [0.25, 0.3) is 0 Å². The minimum absolute atomic E-state index is 0.0370. The molecule has 0 spiro atoms. The molecule has 0 fully saturated rings. The molecule has 0 heterocycles. The maximum absolute atomic E-state index is 13.2. The molecule has 2 aromatic carbocycles. The maximum atomic E-state index is 13.2. The minimum Gasteiger partial charge on any atom is -0.449 e. The second-order valence-corrected chi connectivity index (χ2v) is 5.71. The van der Waals surface area contributed by atoms with Gasteiger partial charge in [-0.05, 0) is 37.3 Å². The molecule has 0 unspecified atom stereocenters. The van der Waals surface area contributed by atoms with E-state index in [1.807, 2.05) is 11.4 Å². The van der Waals surface area contributed by atoms with Crippen molar-refractivity contribution in [2.24, 2.45) is 0 Å². The average Bonchev–Trinajstić information content (AvgIpc) is 2.67. The lowest BCUT2D eigenvalue weighted by Crippen LogP contribution is -2.30. The number of nitro groups is 1. The molecule has 2 rings (SSSR count). The highest BCUT2D eigenvalue weighted by Crippen LogP contribution is 2.37. The van der Waals surface area contributed by atoms with E-state index in [2.05, 4.69) is 0 Å². The average molecular weight is 407 g/mol. The number of rotatable bonds is 5. The van der Waals surface area contributed by atoms with Crippen LogP contribution < -0.4 is 5.32 Å². The standard InChI is InChI=1S/C18H12F3N3O5/c1-10(29-17(26)12-4-2-11(9-22)3-5-12)16(25)23-15-7-6-13(24(27)28)8-14(15)18(19,20)21/h2-8,10H,1H3,(H,23,25)/t10-/m1/s1. The number of carbonyl (C=O) groups is 2. The van der Waals surface area contributed by atoms with Gasteiger partial charge in [0.25, 0.3) is 11.6 Å². The molecule has 0 saturated heterocycles. The van der Waals surface area contributed by atoms with E-state index in [0.29, 0.717) is 11.6 Å². The summed E-state index contributed by atoms with van der Waals surface area (Å²) in [5, 5.41) is 21.4. The molecule has 0 aliphatic carbocycles. The monoisotopic (exact) mass is 407 g/mol. The molecule has 1 amide bonds. The number of alkyl halides is 3. The summed E-state index contributed by atoms with van der Waals surface area (Å²) in [4.78, 5) is 33.9. The summed E-state index contributed by atoms with van der Waals surface area (Å²) in [7, 11) is 0. The van der Waals surface area contributed by atoms with E-state index in [0.717, 1.165) is 19.1 Å². The van der Waals surface area contributed by atoms with Gasteiger partial charge in [0, 0.05) is 12.1 Å². The number of amides is 1. The summed E-state index contributed by atoms with van der Waals surface area (Å²) in [5.74, 6) is -1.98. The second kappa shape index (κ2) is 8.39. The van der Waals surface area contributed by atoms with Gasteiger partial charge in [-0.1, -0.05) is 0 Å². The lowest BCUT2D eigenvalue weighted by molar-refractivity contribution is -0.385. The number of halogens is 3. The molecule has 0 aromatic heterocycles. The van der Waals surface area contributed by atoms with Crippen molar-refractivity contribution in [1.29, 1.82) is 5.26 Å². The smallest absolute Gasteiger partial charge is 0.418 e. The number of esters is 1. The summed E-state index contributed by atoms with van der Waals surface area (Å²) in [6, 6.07) is 9.00. The van der Waals surface area contributed by atoms with Crippen LogP contribution in [0.5, 0.6) is 0 Å². The topological polar surface area (TPSA) is 122 Å². The fourth-order valence-corrected chi connectivity index (χ4v) is 2.19. The number of ether oxygens (including phenoxy) is 1. The van der Waals surface area contributed by atoms with E-state index in [-0.39, 0.29) is 5.56 Å². The SMILES string of the molecule is C[C@@H](OC(=O)c1ccc(C#N)cc1)C(=O)Nc1ccc([N+](=O)[O-])cc1C(F)(F)F. The first kappa shape index (κ1) is 21.4. The summed E-state index contributed by atoms with van der Waals surface area (Å²) < 4.78 is 44.4. The first-order valence-electron chi connectivity index (χ1n) is 7.90. The van der Waals surface area contributed by atoms with Gasteiger partial charge in [0.2, 0.25) is 0 Å². The zero-order valence-electron chi connectivity index (χ0n) is 14.7. The number of carbonyl (C=O) groups excluding carboxylic acids is 2. The number of hydrogen-bond donors (Lipinski definition) is 1. The van der Waals surface area contributed by atoms with Crippen LogP contribution in [-0.4, -0.2) is 22.9 Å². The van der Waals surface area contributed by atoms with Crippen molar-refractivity contribution in [2.45, 2.75) is 19.2 Å². The van der Waals surface area contributed by atoms with E-state index >= 15 is 0 Å². The van der Waals surface area contributed by atoms with Crippen LogP contribution >= 0.6 is 0 Å². The molecule has 0 aliphatic rings. The maximum Gasteiger partial charge on any atom is 0.418 e. The highest BCUT2D eigenvalue weighted by atomic mass is 19.4. The van der Waals surface area contributed by atoms with Crippen LogP contribution in [0, 0.1) is 21.4 Å². The largest absolute Gasteiger partial charge is 0.449 e. The van der Waals surface area contributed by atoms with E-state index < -0.39 is 46.0 Å². The molecule has 8 nitrogen and oxygen atoms in total. The van der Waals surface area contributed by atoms with E-state index in [1.165, 1.54) is 24.3 Å². The van der Waals surface area contributed by atoms with Crippen molar-refractivity contribution in [3.63, 3.8) is 0 Å². The number of hydrogen-bond acceptors (Lipinski definition) is 6. The van der Waals surface area contributed by atoms with Crippen LogP contribution in [0.15, 0.2) is 42.5 Å². The van der Waals surface area contributed by atoms with Gasteiger partial charge in [0.1, 0.15) is 0 Å². The number of non-ortho nitro benzene ring substituents is 1.